The fraction of sp³-hybridized carbons (Fsp3) is 0.500. The Labute approximate surface area is 72.1 Å². The van der Waals surface area contributed by atoms with E-state index < -0.39 is 11.4 Å². The van der Waals surface area contributed by atoms with Gasteiger partial charge in [-0.25, -0.2) is 0 Å². The predicted molar refractivity (Wildman–Crippen MR) is 21.4 cm³/mol. The van der Waals surface area contributed by atoms with Crippen LogP contribution in [0.3, 0.4) is 0 Å². The quantitative estimate of drug-likeness (QED) is 0.200. The van der Waals surface area contributed by atoms with Gasteiger partial charge in [0.1, 0.15) is 6.29 Å². The molecule has 6 heteroatoms. The van der Waals surface area contributed by atoms with Gasteiger partial charge in [-0.3, -0.25) is 4.21 Å². The molecule has 8 heavy (non-hydrogen) atoms. The summed E-state index contributed by atoms with van der Waals surface area (Å²) in [5.41, 5.74) is 0. The maximum Gasteiger partial charge on any atom is 1.00 e. The Morgan fingerprint density at radius 3 is 1.50 bits per heavy atom. The van der Waals surface area contributed by atoms with Gasteiger partial charge in [-0.1, -0.05) is 0 Å². The smallest absolute Gasteiger partial charge is 0.784 e. The fourth-order valence-corrected chi connectivity index (χ4v) is 0. The molecule has 4 nitrogen and oxygen atoms in total. The van der Waals surface area contributed by atoms with Gasteiger partial charge in [0.15, 0.2) is 0 Å². The van der Waals surface area contributed by atoms with E-state index in [1.54, 1.807) is 0 Å². The van der Waals surface area contributed by atoms with Crippen molar-refractivity contribution in [3.05, 3.63) is 0 Å². The molecule has 0 aliphatic carbocycles. The molecule has 0 N–H and O–H groups in total. The van der Waals surface area contributed by atoms with Crippen LogP contribution in [-0.4, -0.2) is 19.6 Å². The van der Waals surface area contributed by atoms with Crippen LogP contribution < -0.4 is 29.6 Å². The summed E-state index contributed by atoms with van der Waals surface area (Å²) in [6.45, 7) is 1.44. The molecule has 44 valence electrons. The molecule has 0 aromatic heterocycles. The maximum atomic E-state index is 8.81. The van der Waals surface area contributed by atoms with Gasteiger partial charge in [0.2, 0.25) is 0 Å². The van der Waals surface area contributed by atoms with Crippen molar-refractivity contribution in [3.63, 3.8) is 0 Å². The van der Waals surface area contributed by atoms with E-state index >= 15 is 0 Å². The van der Waals surface area contributed by atoms with Crippen LogP contribution in [-0.2, 0) is 16.2 Å². The molecule has 0 aromatic rings. The number of hydrogen-bond donors (Lipinski definition) is 0. The Bertz CT molecular complexity index is 61.1. The molecule has 0 aliphatic heterocycles. The molecule has 0 aliphatic rings. The first kappa shape index (κ1) is 15.9. The monoisotopic (exact) mass is 147 g/mol. The van der Waals surface area contributed by atoms with Crippen molar-refractivity contribution < 1.29 is 47.7 Å². The number of hydrogen-bond acceptors (Lipinski definition) is 4. The molecule has 0 radical (unpaired) electrons. The van der Waals surface area contributed by atoms with Crippen LogP contribution in [0.25, 0.3) is 0 Å². The summed E-state index contributed by atoms with van der Waals surface area (Å²) >= 11 is -3.11. The van der Waals surface area contributed by atoms with Gasteiger partial charge in [-0.05, 0) is 6.92 Å². The summed E-state index contributed by atoms with van der Waals surface area (Å²) < 4.78 is 25.3. The van der Waals surface area contributed by atoms with Crippen LogP contribution in [0, 0.1) is 0 Å². The summed E-state index contributed by atoms with van der Waals surface area (Å²) in [7, 11) is 0. The molecule has 0 amide bonds. The zero-order chi connectivity index (χ0) is 6.28. The molecule has 0 bridgehead atoms. The third kappa shape index (κ3) is 406. The molecule has 0 unspecified atom stereocenters. The van der Waals surface area contributed by atoms with Gasteiger partial charge >= 0.3 is 29.6 Å². The van der Waals surface area contributed by atoms with Crippen LogP contribution in [0.2, 0.25) is 0 Å². The number of aldehydes is 1. The Hall–Kier alpha value is 0.740. The topological polar surface area (TPSA) is 80.3 Å². The van der Waals surface area contributed by atoms with E-state index in [2.05, 4.69) is 0 Å². The number of rotatable bonds is 0. The van der Waals surface area contributed by atoms with Gasteiger partial charge in [0.05, 0.1) is 0 Å². The number of carbonyl (C=O) groups excluding carboxylic acids is 1. The largest absolute Gasteiger partial charge is 1.00 e. The SMILES string of the molecule is CC=O.O=S([O-])[O-].[Na+]. The molecule has 0 saturated heterocycles. The Kier molecular flexibility index (Phi) is 31.1. The van der Waals surface area contributed by atoms with E-state index in [1.807, 2.05) is 0 Å². The van der Waals surface area contributed by atoms with E-state index in [-0.39, 0.29) is 29.6 Å². The average molecular weight is 147 g/mol. The second kappa shape index (κ2) is 15.6. The van der Waals surface area contributed by atoms with Crippen molar-refractivity contribution in [3.8, 4) is 0 Å². The van der Waals surface area contributed by atoms with Gasteiger partial charge in [-0.2, -0.15) is 0 Å². The Morgan fingerprint density at radius 2 is 1.50 bits per heavy atom. The molecule has 0 spiro atoms. The summed E-state index contributed by atoms with van der Waals surface area (Å²) in [5, 5.41) is 0. The van der Waals surface area contributed by atoms with E-state index in [4.69, 9.17) is 18.1 Å². The Balaban J connectivity index is -0.0000000575. The fourth-order valence-electron chi connectivity index (χ4n) is 0. The summed E-state index contributed by atoms with van der Waals surface area (Å²) in [5.74, 6) is 0. The molecule has 0 saturated carbocycles. The summed E-state index contributed by atoms with van der Waals surface area (Å²) in [6, 6.07) is 0. The first-order valence-corrected chi connectivity index (χ1v) is 2.31. The molecule has 0 atom stereocenters. The minimum absolute atomic E-state index is 0. The third-order valence-electron chi connectivity index (χ3n) is 0. The minimum atomic E-state index is -3.11. The van der Waals surface area contributed by atoms with E-state index in [1.165, 1.54) is 6.92 Å². The van der Waals surface area contributed by atoms with E-state index in [0.29, 0.717) is 0 Å². The third-order valence-corrected chi connectivity index (χ3v) is 0. The van der Waals surface area contributed by atoms with Gasteiger partial charge in [0.25, 0.3) is 0 Å². The zero-order valence-corrected chi connectivity index (χ0v) is 7.44. The zero-order valence-electron chi connectivity index (χ0n) is 4.62. The second-order valence-electron chi connectivity index (χ2n) is 0.440. The van der Waals surface area contributed by atoms with Crippen LogP contribution >= 0.6 is 0 Å². The van der Waals surface area contributed by atoms with Crippen molar-refractivity contribution in [2.24, 2.45) is 0 Å². The van der Waals surface area contributed by atoms with Gasteiger partial charge < -0.3 is 13.9 Å². The van der Waals surface area contributed by atoms with Crippen molar-refractivity contribution >= 4 is 17.6 Å². The average Bonchev–Trinajstić information content (AvgIpc) is 1.33. The normalized spacial score (nSPS) is 6.00. The van der Waals surface area contributed by atoms with Crippen LogP contribution in [0.4, 0.5) is 0 Å². The minimum Gasteiger partial charge on any atom is -0.784 e. The first-order chi connectivity index (χ1) is 3.15. The van der Waals surface area contributed by atoms with Crippen LogP contribution in [0.5, 0.6) is 0 Å². The van der Waals surface area contributed by atoms with Gasteiger partial charge in [-0.15, -0.1) is 11.4 Å². The number of carbonyl (C=O) groups is 1. The molecular weight excluding hydrogens is 143 g/mol. The summed E-state index contributed by atoms with van der Waals surface area (Å²) in [4.78, 5) is 8.81. The molecular formula is C2H4NaO4S-. The summed E-state index contributed by atoms with van der Waals surface area (Å²) in [6.07, 6.45) is 0.750. The van der Waals surface area contributed by atoms with Crippen molar-refractivity contribution in [1.29, 1.82) is 0 Å². The van der Waals surface area contributed by atoms with Crippen molar-refractivity contribution in [2.75, 3.05) is 0 Å². The molecule has 0 rings (SSSR count). The molecule has 0 aromatic carbocycles. The Morgan fingerprint density at radius 1 is 1.50 bits per heavy atom. The second-order valence-corrected chi connectivity index (χ2v) is 0.848. The molecule has 0 fully saturated rings. The van der Waals surface area contributed by atoms with Crippen LogP contribution in [0.15, 0.2) is 0 Å². The first-order valence-electron chi connectivity index (χ1n) is 1.31. The predicted octanol–water partition coefficient (Wildman–Crippen LogP) is -3.79. The van der Waals surface area contributed by atoms with E-state index in [9.17, 15) is 0 Å². The van der Waals surface area contributed by atoms with Crippen LogP contribution in [0.1, 0.15) is 6.92 Å². The van der Waals surface area contributed by atoms with Crippen molar-refractivity contribution in [2.45, 2.75) is 6.92 Å². The van der Waals surface area contributed by atoms with Crippen molar-refractivity contribution in [1.82, 2.24) is 0 Å². The van der Waals surface area contributed by atoms with E-state index in [0.717, 1.165) is 6.29 Å². The maximum absolute atomic E-state index is 8.81. The molecule has 0 heterocycles. The van der Waals surface area contributed by atoms with Gasteiger partial charge in [0, 0.05) is 0 Å². The standard InChI is InChI=1S/C2H4O.Na.H2O3S/c1-2-3;;1-4(2)3/h2H,1H3;;(H2,1,2,3)/q;+1;/p-2.